The molecule has 0 radical (unpaired) electrons. The van der Waals surface area contributed by atoms with Crippen LogP contribution < -0.4 is 20.9 Å². The van der Waals surface area contributed by atoms with E-state index in [2.05, 4.69) is 17.2 Å². The van der Waals surface area contributed by atoms with E-state index in [9.17, 15) is 18.8 Å². The largest absolute Gasteiger partial charge is 0.493 e. The first-order valence-electron chi connectivity index (χ1n) is 11.8. The van der Waals surface area contributed by atoms with Gasteiger partial charge in [-0.1, -0.05) is 24.8 Å². The van der Waals surface area contributed by atoms with Gasteiger partial charge in [0.05, 0.1) is 25.3 Å². The van der Waals surface area contributed by atoms with Crippen molar-refractivity contribution in [1.29, 1.82) is 0 Å². The molecular formula is C28H28FN3O4. The first kappa shape index (κ1) is 25.1. The quantitative estimate of drug-likeness (QED) is 0.316. The summed E-state index contributed by atoms with van der Waals surface area (Å²) in [5.74, 6) is 0.0125. The van der Waals surface area contributed by atoms with Gasteiger partial charge in [-0.3, -0.25) is 14.4 Å². The summed E-state index contributed by atoms with van der Waals surface area (Å²) in [4.78, 5) is 37.0. The number of rotatable bonds is 11. The number of hydrogen-bond donors (Lipinski definition) is 2. The second-order valence-corrected chi connectivity index (χ2v) is 8.58. The van der Waals surface area contributed by atoms with Gasteiger partial charge in [-0.2, -0.15) is 0 Å². The minimum absolute atomic E-state index is 0.0102. The van der Waals surface area contributed by atoms with Crippen LogP contribution in [0.2, 0.25) is 0 Å². The molecule has 8 heteroatoms. The molecule has 1 aromatic heterocycles. The van der Waals surface area contributed by atoms with Crippen molar-refractivity contribution in [3.8, 4) is 5.75 Å². The Morgan fingerprint density at radius 2 is 2.03 bits per heavy atom. The third-order valence-electron chi connectivity index (χ3n) is 5.98. The van der Waals surface area contributed by atoms with Crippen molar-refractivity contribution in [1.82, 2.24) is 9.88 Å². The number of aromatic nitrogens is 1. The van der Waals surface area contributed by atoms with Crippen LogP contribution in [0.3, 0.4) is 0 Å². The van der Waals surface area contributed by atoms with Gasteiger partial charge in [-0.05, 0) is 60.8 Å². The van der Waals surface area contributed by atoms with E-state index in [0.29, 0.717) is 37.3 Å². The van der Waals surface area contributed by atoms with Crippen LogP contribution in [0.15, 0.2) is 66.1 Å². The van der Waals surface area contributed by atoms with Crippen LogP contribution in [-0.2, 0) is 17.8 Å². The Morgan fingerprint density at radius 3 is 2.86 bits per heavy atom. The van der Waals surface area contributed by atoms with Gasteiger partial charge in [-0.15, -0.1) is 0 Å². The second kappa shape index (κ2) is 11.6. The third-order valence-corrected chi connectivity index (χ3v) is 5.98. The minimum atomic E-state index is -0.392. The molecule has 0 saturated heterocycles. The summed E-state index contributed by atoms with van der Waals surface area (Å²) >= 11 is 0. The van der Waals surface area contributed by atoms with Crippen molar-refractivity contribution in [2.45, 2.75) is 25.8 Å². The Labute approximate surface area is 208 Å². The highest BCUT2D eigenvalue weighted by Crippen LogP contribution is 2.27. The van der Waals surface area contributed by atoms with Gasteiger partial charge in [0, 0.05) is 29.9 Å². The van der Waals surface area contributed by atoms with E-state index in [-0.39, 0.29) is 36.2 Å². The smallest absolute Gasteiger partial charge is 0.261 e. The van der Waals surface area contributed by atoms with Crippen molar-refractivity contribution >= 4 is 23.5 Å². The first-order valence-corrected chi connectivity index (χ1v) is 11.8. The van der Waals surface area contributed by atoms with Gasteiger partial charge >= 0.3 is 0 Å². The topological polar surface area (TPSA) is 89.4 Å². The zero-order valence-electron chi connectivity index (χ0n) is 19.9. The number of benzene rings is 2. The van der Waals surface area contributed by atoms with E-state index in [1.807, 2.05) is 18.2 Å². The second-order valence-electron chi connectivity index (χ2n) is 8.58. The van der Waals surface area contributed by atoms with Crippen molar-refractivity contribution in [2.75, 3.05) is 25.0 Å². The summed E-state index contributed by atoms with van der Waals surface area (Å²) < 4.78 is 20.9. The lowest BCUT2D eigenvalue weighted by molar-refractivity contribution is -0.116. The molecule has 3 aromatic rings. The van der Waals surface area contributed by atoms with Crippen LogP contribution >= 0.6 is 0 Å². The van der Waals surface area contributed by atoms with E-state index < -0.39 is 5.56 Å². The number of ether oxygens (including phenoxy) is 1. The number of pyridine rings is 1. The molecule has 7 nitrogen and oxygen atoms in total. The summed E-state index contributed by atoms with van der Waals surface area (Å²) in [5, 5.41) is 5.91. The van der Waals surface area contributed by atoms with E-state index >= 15 is 0 Å². The number of Topliss-reactive ketones (excluding diaryl/α,β-unsaturated/α-hetero) is 1. The number of hydrogen-bond acceptors (Lipinski definition) is 5. The summed E-state index contributed by atoms with van der Waals surface area (Å²) in [6.45, 7) is 4.82. The standard InChI is InChI=1S/C28H28FN3O4/c1-2-20-15-19(6-10-24(20)29)18-32-13-3-5-23(28(32)35)26(33)17-30-12-4-14-36-22-9-7-21-8-11-27(34)31-25(21)16-22/h2-3,5-7,9-10,13,15-16,30H,1,4,8,11-12,14,17-18H2,(H,31,34). The lowest BCUT2D eigenvalue weighted by atomic mass is 10.0. The molecule has 2 N–H and O–H groups in total. The van der Waals surface area contributed by atoms with E-state index in [0.717, 1.165) is 23.2 Å². The Kier molecular flexibility index (Phi) is 8.07. The molecule has 0 spiro atoms. The maximum absolute atomic E-state index is 13.7. The van der Waals surface area contributed by atoms with Crippen LogP contribution in [0.4, 0.5) is 10.1 Å². The van der Waals surface area contributed by atoms with Gasteiger partial charge in [0.15, 0.2) is 5.78 Å². The van der Waals surface area contributed by atoms with Crippen molar-refractivity contribution in [3.63, 3.8) is 0 Å². The number of ketones is 1. The summed E-state index contributed by atoms with van der Waals surface area (Å²) in [6.07, 6.45) is 4.91. The minimum Gasteiger partial charge on any atom is -0.493 e. The molecule has 36 heavy (non-hydrogen) atoms. The molecule has 0 unspecified atom stereocenters. The summed E-state index contributed by atoms with van der Waals surface area (Å²) in [6, 6.07) is 13.4. The summed E-state index contributed by atoms with van der Waals surface area (Å²) in [7, 11) is 0. The SMILES string of the molecule is C=Cc1cc(Cn2cccc(C(=O)CNCCCOc3ccc4c(c3)NC(=O)CC4)c2=O)ccc1F. The number of anilines is 1. The van der Waals surface area contributed by atoms with Gasteiger partial charge in [0.25, 0.3) is 5.56 Å². The number of carbonyl (C=O) groups is 2. The fraction of sp³-hybridized carbons (Fsp3) is 0.250. The van der Waals surface area contributed by atoms with Gasteiger partial charge in [0.2, 0.25) is 5.91 Å². The molecule has 4 rings (SSSR count). The highest BCUT2D eigenvalue weighted by Gasteiger charge is 2.15. The maximum Gasteiger partial charge on any atom is 0.261 e. The predicted molar refractivity (Wildman–Crippen MR) is 137 cm³/mol. The van der Waals surface area contributed by atoms with Gasteiger partial charge < -0.3 is 19.9 Å². The van der Waals surface area contributed by atoms with Crippen LogP contribution in [0.1, 0.15) is 39.9 Å². The molecule has 186 valence electrons. The van der Waals surface area contributed by atoms with Crippen LogP contribution in [0.5, 0.6) is 5.75 Å². The zero-order valence-corrected chi connectivity index (χ0v) is 19.9. The summed E-state index contributed by atoms with van der Waals surface area (Å²) in [5.41, 5.74) is 2.69. The van der Waals surface area contributed by atoms with E-state index in [1.165, 1.54) is 22.8 Å². The fourth-order valence-corrected chi connectivity index (χ4v) is 4.04. The highest BCUT2D eigenvalue weighted by atomic mass is 19.1. The van der Waals surface area contributed by atoms with Crippen LogP contribution in [0.25, 0.3) is 6.08 Å². The molecule has 1 aliphatic rings. The Bertz CT molecular complexity index is 1350. The fourth-order valence-electron chi connectivity index (χ4n) is 4.04. The maximum atomic E-state index is 13.7. The number of carbonyl (C=O) groups excluding carboxylic acids is 2. The average Bonchev–Trinajstić information content (AvgIpc) is 2.88. The Hall–Kier alpha value is -4.04. The van der Waals surface area contributed by atoms with Crippen molar-refractivity contribution in [3.05, 3.63) is 99.7 Å². The zero-order chi connectivity index (χ0) is 25.5. The molecule has 0 saturated carbocycles. The third kappa shape index (κ3) is 6.14. The molecule has 2 heterocycles. The normalized spacial score (nSPS) is 12.5. The molecule has 0 atom stereocenters. The lowest BCUT2D eigenvalue weighted by Crippen LogP contribution is -2.32. The number of amides is 1. The van der Waals surface area contributed by atoms with Crippen LogP contribution in [0, 0.1) is 5.82 Å². The average molecular weight is 490 g/mol. The number of fused-ring (bicyclic) bond motifs is 1. The van der Waals surface area contributed by atoms with Crippen molar-refractivity contribution in [2.24, 2.45) is 0 Å². The highest BCUT2D eigenvalue weighted by molar-refractivity contribution is 5.97. The van der Waals surface area contributed by atoms with Gasteiger partial charge in [0.1, 0.15) is 11.6 Å². The number of nitrogens with one attached hydrogen (secondary N) is 2. The molecule has 0 aliphatic carbocycles. The Morgan fingerprint density at radius 1 is 1.17 bits per heavy atom. The van der Waals surface area contributed by atoms with Gasteiger partial charge in [-0.25, -0.2) is 4.39 Å². The van der Waals surface area contributed by atoms with Crippen molar-refractivity contribution < 1.29 is 18.7 Å². The Balaban J connectivity index is 1.25. The lowest BCUT2D eigenvalue weighted by Gasteiger charge is -2.17. The molecule has 1 amide bonds. The monoisotopic (exact) mass is 489 g/mol. The van der Waals surface area contributed by atoms with E-state index in [4.69, 9.17) is 4.74 Å². The number of aryl methyl sites for hydroxylation is 1. The number of halogens is 1. The van der Waals surface area contributed by atoms with Crippen LogP contribution in [-0.4, -0.2) is 36.0 Å². The first-order chi connectivity index (χ1) is 17.4. The molecular weight excluding hydrogens is 461 g/mol. The molecule has 1 aliphatic heterocycles. The van der Waals surface area contributed by atoms with E-state index in [1.54, 1.807) is 24.4 Å². The predicted octanol–water partition coefficient (Wildman–Crippen LogP) is 3.80. The molecule has 0 bridgehead atoms. The number of nitrogens with zero attached hydrogens (tertiary/aromatic N) is 1. The molecule has 2 aromatic carbocycles. The molecule has 0 fully saturated rings.